The molecule has 0 saturated carbocycles. The number of hydrogen-bond donors (Lipinski definition) is 1. The lowest BCUT2D eigenvalue weighted by Crippen LogP contribution is -2.13. The molecule has 0 aliphatic heterocycles. The summed E-state index contributed by atoms with van der Waals surface area (Å²) < 4.78 is 0. The van der Waals surface area contributed by atoms with Crippen LogP contribution >= 0.6 is 0 Å². The van der Waals surface area contributed by atoms with Gasteiger partial charge in [-0.3, -0.25) is 0 Å². The van der Waals surface area contributed by atoms with Crippen molar-refractivity contribution < 1.29 is 0 Å². The van der Waals surface area contributed by atoms with Crippen molar-refractivity contribution in [1.29, 1.82) is 0 Å². The van der Waals surface area contributed by atoms with Gasteiger partial charge in [-0.15, -0.1) is 0 Å². The molecular formula is C14H23N. The predicted molar refractivity (Wildman–Crippen MR) is 67.0 cm³/mol. The summed E-state index contributed by atoms with van der Waals surface area (Å²) in [4.78, 5) is 0. The van der Waals surface area contributed by atoms with Crippen LogP contribution in [0, 0.1) is 0 Å². The van der Waals surface area contributed by atoms with Crippen LogP contribution in [0.4, 0.5) is 0 Å². The Morgan fingerprint density at radius 1 is 1.13 bits per heavy atom. The fourth-order valence-electron chi connectivity index (χ4n) is 1.71. The molecule has 0 bridgehead atoms. The van der Waals surface area contributed by atoms with Crippen molar-refractivity contribution in [3.63, 3.8) is 0 Å². The summed E-state index contributed by atoms with van der Waals surface area (Å²) in [5.74, 6) is 0. The molecule has 2 N–H and O–H groups in total. The highest BCUT2D eigenvalue weighted by atomic mass is 14.6. The maximum atomic E-state index is 6.06. The van der Waals surface area contributed by atoms with Crippen LogP contribution in [-0.4, -0.2) is 0 Å². The highest BCUT2D eigenvalue weighted by Gasteiger charge is 2.13. The van der Waals surface area contributed by atoms with Crippen molar-refractivity contribution in [2.24, 2.45) is 5.73 Å². The van der Waals surface area contributed by atoms with E-state index in [4.69, 9.17) is 5.73 Å². The molecule has 0 heterocycles. The first-order valence-corrected chi connectivity index (χ1v) is 5.81. The summed E-state index contributed by atoms with van der Waals surface area (Å²) in [6, 6.07) is 8.93. The van der Waals surface area contributed by atoms with E-state index in [1.165, 1.54) is 11.1 Å². The molecule has 15 heavy (non-hydrogen) atoms. The number of hydrogen-bond acceptors (Lipinski definition) is 1. The predicted octanol–water partition coefficient (Wildman–Crippen LogP) is 3.78. The first-order valence-electron chi connectivity index (χ1n) is 5.81. The van der Waals surface area contributed by atoms with E-state index in [1.807, 2.05) is 0 Å². The minimum Gasteiger partial charge on any atom is -0.324 e. The van der Waals surface area contributed by atoms with Gasteiger partial charge in [-0.05, 0) is 23.0 Å². The lowest BCUT2D eigenvalue weighted by molar-refractivity contribution is 0.588. The third-order valence-corrected chi connectivity index (χ3v) is 2.80. The van der Waals surface area contributed by atoms with Crippen molar-refractivity contribution >= 4 is 0 Å². The largest absolute Gasteiger partial charge is 0.324 e. The normalized spacial score (nSPS) is 13.9. The van der Waals surface area contributed by atoms with Crippen molar-refractivity contribution in [2.45, 2.75) is 52.0 Å². The van der Waals surface area contributed by atoms with E-state index in [0.29, 0.717) is 0 Å². The summed E-state index contributed by atoms with van der Waals surface area (Å²) in [6.07, 6.45) is 2.21. The van der Waals surface area contributed by atoms with Gasteiger partial charge in [0.2, 0.25) is 0 Å². The second kappa shape index (κ2) is 4.80. The van der Waals surface area contributed by atoms with E-state index in [1.54, 1.807) is 0 Å². The maximum Gasteiger partial charge on any atom is 0.0294 e. The SMILES string of the molecule is CCCC(N)c1ccc(C(C)(C)C)cc1. The third-order valence-electron chi connectivity index (χ3n) is 2.80. The number of benzene rings is 1. The smallest absolute Gasteiger partial charge is 0.0294 e. The van der Waals surface area contributed by atoms with Crippen molar-refractivity contribution in [2.75, 3.05) is 0 Å². The molecule has 1 aromatic rings. The standard InChI is InChI=1S/C14H23N/c1-5-6-13(15)11-7-9-12(10-8-11)14(2,3)4/h7-10,13H,5-6,15H2,1-4H3. The van der Waals surface area contributed by atoms with Crippen LogP contribution in [0.5, 0.6) is 0 Å². The Bertz CT molecular complexity index is 292. The molecular weight excluding hydrogens is 182 g/mol. The van der Waals surface area contributed by atoms with Crippen LogP contribution in [0.25, 0.3) is 0 Å². The van der Waals surface area contributed by atoms with Gasteiger partial charge >= 0.3 is 0 Å². The fraction of sp³-hybridized carbons (Fsp3) is 0.571. The summed E-state index contributed by atoms with van der Waals surface area (Å²) >= 11 is 0. The van der Waals surface area contributed by atoms with Gasteiger partial charge in [0.25, 0.3) is 0 Å². The second-order valence-electron chi connectivity index (χ2n) is 5.27. The molecule has 1 unspecified atom stereocenters. The number of nitrogens with two attached hydrogens (primary N) is 1. The molecule has 0 aromatic heterocycles. The molecule has 1 heteroatoms. The van der Waals surface area contributed by atoms with E-state index in [2.05, 4.69) is 52.0 Å². The summed E-state index contributed by atoms with van der Waals surface area (Å²) in [6.45, 7) is 8.86. The first-order chi connectivity index (χ1) is 6.95. The van der Waals surface area contributed by atoms with Gasteiger partial charge in [-0.1, -0.05) is 58.4 Å². The topological polar surface area (TPSA) is 26.0 Å². The van der Waals surface area contributed by atoms with Crippen LogP contribution in [0.15, 0.2) is 24.3 Å². The highest BCUT2D eigenvalue weighted by molar-refractivity contribution is 5.29. The zero-order chi connectivity index (χ0) is 11.5. The van der Waals surface area contributed by atoms with Crippen molar-refractivity contribution in [1.82, 2.24) is 0 Å². The minimum atomic E-state index is 0.198. The van der Waals surface area contributed by atoms with E-state index in [-0.39, 0.29) is 11.5 Å². The second-order valence-corrected chi connectivity index (χ2v) is 5.27. The van der Waals surface area contributed by atoms with E-state index in [0.717, 1.165) is 12.8 Å². The van der Waals surface area contributed by atoms with E-state index < -0.39 is 0 Å². The average molecular weight is 205 g/mol. The Balaban J connectivity index is 2.81. The summed E-state index contributed by atoms with van der Waals surface area (Å²) in [7, 11) is 0. The zero-order valence-electron chi connectivity index (χ0n) is 10.4. The monoisotopic (exact) mass is 205 g/mol. The Hall–Kier alpha value is -0.820. The molecule has 0 aliphatic rings. The molecule has 0 aliphatic carbocycles. The Morgan fingerprint density at radius 3 is 2.07 bits per heavy atom. The van der Waals surface area contributed by atoms with Gasteiger partial charge < -0.3 is 5.73 Å². The highest BCUT2D eigenvalue weighted by Crippen LogP contribution is 2.24. The van der Waals surface area contributed by atoms with Gasteiger partial charge in [0.05, 0.1) is 0 Å². The molecule has 1 aromatic carbocycles. The molecule has 1 nitrogen and oxygen atoms in total. The van der Waals surface area contributed by atoms with Gasteiger partial charge in [0.15, 0.2) is 0 Å². The lowest BCUT2D eigenvalue weighted by atomic mass is 9.86. The quantitative estimate of drug-likeness (QED) is 0.798. The van der Waals surface area contributed by atoms with Crippen molar-refractivity contribution in [3.8, 4) is 0 Å². The number of rotatable bonds is 3. The lowest BCUT2D eigenvalue weighted by Gasteiger charge is -2.20. The van der Waals surface area contributed by atoms with Crippen LogP contribution in [0.2, 0.25) is 0 Å². The summed E-state index contributed by atoms with van der Waals surface area (Å²) in [5, 5.41) is 0. The molecule has 0 fully saturated rings. The average Bonchev–Trinajstić information content (AvgIpc) is 2.17. The molecule has 0 radical (unpaired) electrons. The first kappa shape index (κ1) is 12.3. The van der Waals surface area contributed by atoms with Gasteiger partial charge in [-0.25, -0.2) is 0 Å². The van der Waals surface area contributed by atoms with E-state index >= 15 is 0 Å². The zero-order valence-corrected chi connectivity index (χ0v) is 10.4. The molecule has 1 rings (SSSR count). The summed E-state index contributed by atoms with van der Waals surface area (Å²) in [5.41, 5.74) is 8.92. The van der Waals surface area contributed by atoms with Gasteiger partial charge in [0, 0.05) is 6.04 Å². The Kier molecular flexibility index (Phi) is 3.92. The molecule has 1 atom stereocenters. The van der Waals surface area contributed by atoms with Gasteiger partial charge in [0.1, 0.15) is 0 Å². The Labute approximate surface area is 93.7 Å². The molecule has 84 valence electrons. The Morgan fingerprint density at radius 2 is 1.67 bits per heavy atom. The van der Waals surface area contributed by atoms with E-state index in [9.17, 15) is 0 Å². The maximum absolute atomic E-state index is 6.06. The molecule has 0 saturated heterocycles. The minimum absolute atomic E-state index is 0.198. The molecule has 0 spiro atoms. The van der Waals surface area contributed by atoms with Crippen LogP contribution in [-0.2, 0) is 5.41 Å². The van der Waals surface area contributed by atoms with Crippen molar-refractivity contribution in [3.05, 3.63) is 35.4 Å². The fourth-order valence-corrected chi connectivity index (χ4v) is 1.71. The van der Waals surface area contributed by atoms with Crippen LogP contribution < -0.4 is 5.73 Å². The van der Waals surface area contributed by atoms with Crippen LogP contribution in [0.1, 0.15) is 57.7 Å². The third kappa shape index (κ3) is 3.35. The molecule has 0 amide bonds. The van der Waals surface area contributed by atoms with Gasteiger partial charge in [-0.2, -0.15) is 0 Å². The van der Waals surface area contributed by atoms with Crippen LogP contribution in [0.3, 0.4) is 0 Å².